The zero-order chi connectivity index (χ0) is 25.2. The molecule has 0 spiro atoms. The van der Waals surface area contributed by atoms with Crippen LogP contribution in [-0.2, 0) is 4.79 Å². The topological polar surface area (TPSA) is 45.2 Å². The predicted molar refractivity (Wildman–Crippen MR) is 149 cm³/mol. The summed E-state index contributed by atoms with van der Waals surface area (Å²) in [5, 5.41) is 4.54. The molecule has 2 aromatic carbocycles. The van der Waals surface area contributed by atoms with Gasteiger partial charge in [0.15, 0.2) is 0 Å². The lowest BCUT2D eigenvalue weighted by molar-refractivity contribution is -0.116. The lowest BCUT2D eigenvalue weighted by atomic mass is 9.88. The second kappa shape index (κ2) is 13.6. The first-order chi connectivity index (χ1) is 17.6. The molecule has 0 atom stereocenters. The second-order valence-electron chi connectivity index (χ2n) is 9.33. The van der Waals surface area contributed by atoms with Crippen LogP contribution in [0.5, 0.6) is 0 Å². The molecule has 3 aromatic rings. The standard InChI is InChI=1S/C30H33Cl2N3O/c31-27-12-3-1-10-25(27)30(26-11-2-4-13-28(26)32)35-20-16-23(17-21-35)8-5-6-19-34-29(36)15-14-24-9-7-18-33-22-24/h1-4,7,9-15,18,22-23,30H,5-6,8,16-17,19-21H2,(H,34,36)/b15-14+. The van der Waals surface area contributed by atoms with Gasteiger partial charge in [-0.05, 0) is 79.2 Å². The van der Waals surface area contributed by atoms with E-state index in [2.05, 4.69) is 27.3 Å². The van der Waals surface area contributed by atoms with Crippen LogP contribution in [0, 0.1) is 5.92 Å². The first kappa shape index (κ1) is 26.4. The number of likely N-dealkylation sites (tertiary alicyclic amines) is 1. The highest BCUT2D eigenvalue weighted by atomic mass is 35.5. The Balaban J connectivity index is 1.23. The Morgan fingerprint density at radius 2 is 1.64 bits per heavy atom. The number of carbonyl (C=O) groups is 1. The third-order valence-electron chi connectivity index (χ3n) is 6.86. The third-order valence-corrected chi connectivity index (χ3v) is 7.55. The summed E-state index contributed by atoms with van der Waals surface area (Å²) >= 11 is 13.3. The van der Waals surface area contributed by atoms with E-state index in [1.165, 1.54) is 6.42 Å². The van der Waals surface area contributed by atoms with E-state index in [-0.39, 0.29) is 11.9 Å². The van der Waals surface area contributed by atoms with E-state index in [9.17, 15) is 4.79 Å². The van der Waals surface area contributed by atoms with Crippen molar-refractivity contribution in [2.24, 2.45) is 5.92 Å². The van der Waals surface area contributed by atoms with Crippen LogP contribution in [0.3, 0.4) is 0 Å². The number of hydrogen-bond acceptors (Lipinski definition) is 3. The summed E-state index contributed by atoms with van der Waals surface area (Å²) in [7, 11) is 0. The van der Waals surface area contributed by atoms with Crippen molar-refractivity contribution >= 4 is 35.2 Å². The smallest absolute Gasteiger partial charge is 0.243 e. The fourth-order valence-corrected chi connectivity index (χ4v) is 5.41. The van der Waals surface area contributed by atoms with E-state index in [0.717, 1.165) is 65.5 Å². The molecule has 0 unspecified atom stereocenters. The van der Waals surface area contributed by atoms with Gasteiger partial charge in [0.1, 0.15) is 0 Å². The van der Waals surface area contributed by atoms with Crippen LogP contribution in [0.15, 0.2) is 79.1 Å². The van der Waals surface area contributed by atoms with Crippen molar-refractivity contribution in [3.05, 3.63) is 106 Å². The third kappa shape index (κ3) is 7.42. The fourth-order valence-electron chi connectivity index (χ4n) is 4.93. The highest BCUT2D eigenvalue weighted by Crippen LogP contribution is 2.39. The molecule has 6 heteroatoms. The maximum absolute atomic E-state index is 12.0. The summed E-state index contributed by atoms with van der Waals surface area (Å²) in [6, 6.07) is 20.0. The predicted octanol–water partition coefficient (Wildman–Crippen LogP) is 7.19. The van der Waals surface area contributed by atoms with E-state index in [0.29, 0.717) is 12.5 Å². The molecule has 1 aromatic heterocycles. The average Bonchev–Trinajstić information content (AvgIpc) is 2.91. The van der Waals surface area contributed by atoms with Crippen LogP contribution in [0.2, 0.25) is 10.0 Å². The zero-order valence-corrected chi connectivity index (χ0v) is 22.0. The highest BCUT2D eigenvalue weighted by molar-refractivity contribution is 6.32. The van der Waals surface area contributed by atoms with Crippen molar-refractivity contribution in [2.45, 2.75) is 38.1 Å². The minimum atomic E-state index is -0.0580. The van der Waals surface area contributed by atoms with Crippen molar-refractivity contribution in [2.75, 3.05) is 19.6 Å². The number of amides is 1. The molecule has 1 N–H and O–H groups in total. The SMILES string of the molecule is O=C(/C=C/c1cccnc1)NCCCCC1CCN(C(c2ccccc2Cl)c2ccccc2Cl)CC1. The zero-order valence-electron chi connectivity index (χ0n) is 20.5. The molecule has 2 heterocycles. The van der Waals surface area contributed by atoms with Gasteiger partial charge in [-0.2, -0.15) is 0 Å². The van der Waals surface area contributed by atoms with E-state index in [4.69, 9.17) is 23.2 Å². The number of piperidine rings is 1. The van der Waals surface area contributed by atoms with Crippen molar-refractivity contribution in [1.29, 1.82) is 0 Å². The molecule has 4 rings (SSSR count). The van der Waals surface area contributed by atoms with Crippen LogP contribution in [0.4, 0.5) is 0 Å². The molecular formula is C30H33Cl2N3O. The molecule has 0 saturated carbocycles. The number of rotatable bonds is 10. The Morgan fingerprint density at radius 3 is 2.25 bits per heavy atom. The highest BCUT2D eigenvalue weighted by Gasteiger charge is 2.29. The molecule has 0 aliphatic carbocycles. The molecule has 1 fully saturated rings. The van der Waals surface area contributed by atoms with Gasteiger partial charge in [0.25, 0.3) is 0 Å². The fraction of sp³-hybridized carbons (Fsp3) is 0.333. The van der Waals surface area contributed by atoms with Gasteiger partial charge in [0, 0.05) is 35.1 Å². The summed E-state index contributed by atoms with van der Waals surface area (Å²) in [6.07, 6.45) is 12.4. The number of carbonyl (C=O) groups excluding carboxylic acids is 1. The minimum absolute atomic E-state index is 0.0580. The van der Waals surface area contributed by atoms with Gasteiger partial charge in [-0.1, -0.05) is 78.5 Å². The van der Waals surface area contributed by atoms with Crippen LogP contribution in [0.1, 0.15) is 54.8 Å². The number of halogens is 2. The number of unbranched alkanes of at least 4 members (excludes halogenated alkanes) is 1. The number of benzene rings is 2. The Hall–Kier alpha value is -2.66. The normalized spacial score (nSPS) is 15.0. The molecule has 36 heavy (non-hydrogen) atoms. The van der Waals surface area contributed by atoms with Gasteiger partial charge in [-0.15, -0.1) is 0 Å². The summed E-state index contributed by atoms with van der Waals surface area (Å²) in [6.45, 7) is 2.74. The number of nitrogens with zero attached hydrogens (tertiary/aromatic N) is 2. The summed E-state index contributed by atoms with van der Waals surface area (Å²) < 4.78 is 0. The molecule has 0 radical (unpaired) electrons. The molecule has 188 valence electrons. The van der Waals surface area contributed by atoms with Crippen LogP contribution in [-0.4, -0.2) is 35.4 Å². The average molecular weight is 523 g/mol. The van der Waals surface area contributed by atoms with E-state index < -0.39 is 0 Å². The first-order valence-electron chi connectivity index (χ1n) is 12.7. The van der Waals surface area contributed by atoms with E-state index in [1.807, 2.05) is 48.5 Å². The molecule has 1 aliphatic heterocycles. The van der Waals surface area contributed by atoms with Gasteiger partial charge < -0.3 is 5.32 Å². The molecule has 1 amide bonds. The largest absolute Gasteiger partial charge is 0.353 e. The van der Waals surface area contributed by atoms with Crippen LogP contribution in [0.25, 0.3) is 6.08 Å². The van der Waals surface area contributed by atoms with Gasteiger partial charge in [0.2, 0.25) is 5.91 Å². The Bertz CT molecular complexity index is 1100. The van der Waals surface area contributed by atoms with Crippen LogP contribution >= 0.6 is 23.2 Å². The molecular weight excluding hydrogens is 489 g/mol. The quantitative estimate of drug-likeness (QED) is 0.226. The van der Waals surface area contributed by atoms with E-state index >= 15 is 0 Å². The number of hydrogen-bond donors (Lipinski definition) is 1. The Morgan fingerprint density at radius 1 is 0.972 bits per heavy atom. The Kier molecular flexibility index (Phi) is 9.97. The summed E-state index contributed by atoms with van der Waals surface area (Å²) in [4.78, 5) is 18.6. The Labute approximate surface area is 224 Å². The summed E-state index contributed by atoms with van der Waals surface area (Å²) in [5.74, 6) is 0.651. The second-order valence-corrected chi connectivity index (χ2v) is 10.1. The maximum Gasteiger partial charge on any atom is 0.243 e. The maximum atomic E-state index is 12.0. The van der Waals surface area contributed by atoms with Gasteiger partial charge in [-0.25, -0.2) is 0 Å². The van der Waals surface area contributed by atoms with Crippen molar-refractivity contribution < 1.29 is 4.79 Å². The first-order valence-corrected chi connectivity index (χ1v) is 13.5. The van der Waals surface area contributed by atoms with Gasteiger partial charge in [-0.3, -0.25) is 14.7 Å². The molecule has 1 saturated heterocycles. The number of aromatic nitrogens is 1. The van der Waals surface area contributed by atoms with Crippen molar-refractivity contribution in [1.82, 2.24) is 15.2 Å². The van der Waals surface area contributed by atoms with Crippen LogP contribution < -0.4 is 5.32 Å². The van der Waals surface area contributed by atoms with E-state index in [1.54, 1.807) is 24.5 Å². The lowest BCUT2D eigenvalue weighted by Crippen LogP contribution is -2.37. The number of nitrogens with one attached hydrogen (secondary N) is 1. The number of pyridine rings is 1. The van der Waals surface area contributed by atoms with Crippen molar-refractivity contribution in [3.8, 4) is 0 Å². The van der Waals surface area contributed by atoms with Gasteiger partial charge in [0.05, 0.1) is 6.04 Å². The monoisotopic (exact) mass is 521 g/mol. The molecule has 0 bridgehead atoms. The summed E-state index contributed by atoms with van der Waals surface area (Å²) in [5.41, 5.74) is 3.14. The lowest BCUT2D eigenvalue weighted by Gasteiger charge is -2.38. The molecule has 4 nitrogen and oxygen atoms in total. The minimum Gasteiger partial charge on any atom is -0.353 e. The van der Waals surface area contributed by atoms with Crippen molar-refractivity contribution in [3.63, 3.8) is 0 Å². The molecule has 1 aliphatic rings. The van der Waals surface area contributed by atoms with Gasteiger partial charge >= 0.3 is 0 Å².